The Labute approximate surface area is 107 Å². The summed E-state index contributed by atoms with van der Waals surface area (Å²) in [4.78, 5) is 9.11. The molecule has 2 rings (SSSR count). The van der Waals surface area contributed by atoms with Crippen LogP contribution < -0.4 is 0 Å². The molecule has 1 heterocycles. The van der Waals surface area contributed by atoms with E-state index in [0.717, 1.165) is 23.1 Å². The quantitative estimate of drug-likeness (QED) is 0.892. The number of para-hydroxylation sites is 2. The summed E-state index contributed by atoms with van der Waals surface area (Å²) in [5, 5.41) is 10.2. The zero-order valence-corrected chi connectivity index (χ0v) is 10.8. The maximum absolute atomic E-state index is 10.2. The molecule has 0 aliphatic rings. The van der Waals surface area contributed by atoms with Crippen molar-refractivity contribution >= 4 is 17.1 Å². The minimum atomic E-state index is -0.543. The Hall–Kier alpha value is -1.74. The van der Waals surface area contributed by atoms with Crippen molar-refractivity contribution in [1.29, 1.82) is 0 Å². The highest BCUT2D eigenvalue weighted by atomic mass is 16.3. The van der Waals surface area contributed by atoms with E-state index in [-0.39, 0.29) is 0 Å². The van der Waals surface area contributed by atoms with Gasteiger partial charge >= 0.3 is 0 Å². The molecule has 0 bridgehead atoms. The minimum absolute atomic E-state index is 0.543. The maximum Gasteiger partial charge on any atom is 0.0981 e. The molecular weight excluding hydrogens is 224 g/mol. The second kappa shape index (κ2) is 5.74. The second-order valence-electron chi connectivity index (χ2n) is 4.29. The van der Waals surface area contributed by atoms with Crippen LogP contribution in [-0.4, -0.2) is 15.1 Å². The molecule has 0 amide bonds. The molecule has 1 aromatic heterocycles. The van der Waals surface area contributed by atoms with Crippen molar-refractivity contribution in [1.82, 2.24) is 9.97 Å². The summed E-state index contributed by atoms with van der Waals surface area (Å²) in [6, 6.07) is 7.73. The van der Waals surface area contributed by atoms with Crippen LogP contribution in [0.15, 0.2) is 30.3 Å². The second-order valence-corrected chi connectivity index (χ2v) is 4.29. The lowest BCUT2D eigenvalue weighted by molar-refractivity contribution is 0.161. The Morgan fingerprint density at radius 3 is 2.50 bits per heavy atom. The van der Waals surface area contributed by atoms with Gasteiger partial charge in [-0.15, -0.1) is 0 Å². The van der Waals surface area contributed by atoms with Gasteiger partial charge in [0.15, 0.2) is 0 Å². The van der Waals surface area contributed by atoms with Gasteiger partial charge in [-0.1, -0.05) is 31.6 Å². The Morgan fingerprint density at radius 2 is 1.89 bits per heavy atom. The van der Waals surface area contributed by atoms with Crippen molar-refractivity contribution in [3.63, 3.8) is 0 Å². The van der Waals surface area contributed by atoms with Crippen molar-refractivity contribution in [3.8, 4) is 0 Å². The maximum atomic E-state index is 10.2. The fourth-order valence-electron chi connectivity index (χ4n) is 1.96. The molecule has 1 atom stereocenters. The average Bonchev–Trinajstić information content (AvgIpc) is 2.38. The molecule has 3 heteroatoms. The van der Waals surface area contributed by atoms with Gasteiger partial charge in [0.05, 0.1) is 28.5 Å². The Bertz CT molecular complexity index is 563. The Kier molecular flexibility index (Phi) is 4.05. The molecule has 3 nitrogen and oxygen atoms in total. The van der Waals surface area contributed by atoms with Crippen LogP contribution >= 0.6 is 0 Å². The van der Waals surface area contributed by atoms with E-state index in [1.165, 1.54) is 0 Å². The third kappa shape index (κ3) is 2.57. The monoisotopic (exact) mass is 242 g/mol. The average molecular weight is 242 g/mol. The number of aliphatic hydroxyl groups is 1. The van der Waals surface area contributed by atoms with E-state index in [1.54, 1.807) is 0 Å². The summed E-state index contributed by atoms with van der Waals surface area (Å²) in [5.41, 5.74) is 3.12. The fourth-order valence-corrected chi connectivity index (χ4v) is 1.96. The van der Waals surface area contributed by atoms with Gasteiger partial charge in [-0.3, -0.25) is 0 Å². The number of rotatable bonds is 4. The summed E-state index contributed by atoms with van der Waals surface area (Å²) in [6.45, 7) is 3.99. The lowest BCUT2D eigenvalue weighted by Crippen LogP contribution is -2.05. The highest BCUT2D eigenvalue weighted by Gasteiger charge is 2.14. The highest BCUT2D eigenvalue weighted by Crippen LogP contribution is 2.22. The van der Waals surface area contributed by atoms with E-state index in [9.17, 15) is 5.11 Å². The predicted molar refractivity (Wildman–Crippen MR) is 74.1 cm³/mol. The standard InChI is InChI=1S/C15H18N2O/c1-3-7-13-15(14(18)8-4-2)17-12-10-6-5-9-11(12)16-13/h3,5-7,9-10,14,18H,4,8H2,1-2H3/b7-3+/t14-/m0/s1. The molecule has 1 N–H and O–H groups in total. The van der Waals surface area contributed by atoms with E-state index < -0.39 is 6.10 Å². The smallest absolute Gasteiger partial charge is 0.0981 e. The molecule has 0 saturated heterocycles. The molecule has 94 valence electrons. The first-order valence-electron chi connectivity index (χ1n) is 6.33. The first-order chi connectivity index (χ1) is 8.76. The van der Waals surface area contributed by atoms with E-state index in [4.69, 9.17) is 0 Å². The lowest BCUT2D eigenvalue weighted by Gasteiger charge is -2.12. The van der Waals surface area contributed by atoms with Crippen LogP contribution in [0.2, 0.25) is 0 Å². The minimum Gasteiger partial charge on any atom is -0.387 e. The van der Waals surface area contributed by atoms with Gasteiger partial charge in [-0.25, -0.2) is 9.97 Å². The number of fused-ring (bicyclic) bond motifs is 1. The first kappa shape index (κ1) is 12.7. The first-order valence-corrected chi connectivity index (χ1v) is 6.33. The number of aliphatic hydroxyl groups excluding tert-OH is 1. The van der Waals surface area contributed by atoms with E-state index in [1.807, 2.05) is 50.3 Å². The zero-order valence-electron chi connectivity index (χ0n) is 10.8. The molecular formula is C15H18N2O. The predicted octanol–water partition coefficient (Wildman–Crippen LogP) is 3.50. The number of hydrogen-bond acceptors (Lipinski definition) is 3. The summed E-state index contributed by atoms with van der Waals surface area (Å²) in [6.07, 6.45) is 4.90. The Balaban J connectivity index is 2.57. The molecule has 0 radical (unpaired) electrons. The Morgan fingerprint density at radius 1 is 1.22 bits per heavy atom. The molecule has 2 aromatic rings. The van der Waals surface area contributed by atoms with E-state index in [2.05, 4.69) is 9.97 Å². The van der Waals surface area contributed by atoms with Crippen LogP contribution in [0.5, 0.6) is 0 Å². The molecule has 1 aromatic carbocycles. The van der Waals surface area contributed by atoms with Gasteiger partial charge in [-0.05, 0) is 31.6 Å². The topological polar surface area (TPSA) is 46.0 Å². The van der Waals surface area contributed by atoms with Crippen LogP contribution in [0.3, 0.4) is 0 Å². The van der Waals surface area contributed by atoms with Crippen molar-refractivity contribution in [2.24, 2.45) is 0 Å². The summed E-state index contributed by atoms with van der Waals surface area (Å²) >= 11 is 0. The fraction of sp³-hybridized carbons (Fsp3) is 0.333. The van der Waals surface area contributed by atoms with Gasteiger partial charge in [0, 0.05) is 0 Å². The van der Waals surface area contributed by atoms with Crippen molar-refractivity contribution in [2.75, 3.05) is 0 Å². The van der Waals surface area contributed by atoms with Gasteiger partial charge in [0.25, 0.3) is 0 Å². The van der Waals surface area contributed by atoms with Crippen LogP contribution in [0, 0.1) is 0 Å². The normalized spacial score (nSPS) is 13.3. The number of nitrogens with zero attached hydrogens (tertiary/aromatic N) is 2. The number of aromatic nitrogens is 2. The SMILES string of the molecule is C/C=C/c1nc2ccccc2nc1[C@@H](O)CCC. The number of benzene rings is 1. The van der Waals surface area contributed by atoms with Crippen LogP contribution in [0.4, 0.5) is 0 Å². The summed E-state index contributed by atoms with van der Waals surface area (Å²) in [5.74, 6) is 0. The van der Waals surface area contributed by atoms with E-state index >= 15 is 0 Å². The molecule has 0 unspecified atom stereocenters. The number of hydrogen-bond donors (Lipinski definition) is 1. The lowest BCUT2D eigenvalue weighted by atomic mass is 10.1. The third-order valence-electron chi connectivity index (χ3n) is 2.83. The van der Waals surface area contributed by atoms with Crippen molar-refractivity contribution < 1.29 is 5.11 Å². The van der Waals surface area contributed by atoms with Crippen LogP contribution in [0.25, 0.3) is 17.1 Å². The third-order valence-corrected chi connectivity index (χ3v) is 2.83. The van der Waals surface area contributed by atoms with Gasteiger partial charge in [0.1, 0.15) is 0 Å². The largest absolute Gasteiger partial charge is 0.387 e. The molecule has 0 spiro atoms. The molecule has 0 saturated carbocycles. The summed E-state index contributed by atoms with van der Waals surface area (Å²) < 4.78 is 0. The number of allylic oxidation sites excluding steroid dienone is 1. The van der Waals surface area contributed by atoms with Gasteiger partial charge in [-0.2, -0.15) is 0 Å². The van der Waals surface area contributed by atoms with Crippen LogP contribution in [-0.2, 0) is 0 Å². The van der Waals surface area contributed by atoms with Gasteiger partial charge in [0.2, 0.25) is 0 Å². The molecule has 0 aliphatic heterocycles. The van der Waals surface area contributed by atoms with E-state index in [0.29, 0.717) is 12.1 Å². The highest BCUT2D eigenvalue weighted by molar-refractivity contribution is 5.75. The molecule has 0 aliphatic carbocycles. The zero-order chi connectivity index (χ0) is 13.0. The summed E-state index contributed by atoms with van der Waals surface area (Å²) in [7, 11) is 0. The van der Waals surface area contributed by atoms with Gasteiger partial charge < -0.3 is 5.11 Å². The van der Waals surface area contributed by atoms with Crippen molar-refractivity contribution in [2.45, 2.75) is 32.8 Å². The molecule has 0 fully saturated rings. The van der Waals surface area contributed by atoms with Crippen LogP contribution in [0.1, 0.15) is 44.2 Å². The molecule has 18 heavy (non-hydrogen) atoms. The van der Waals surface area contributed by atoms with Crippen molar-refractivity contribution in [3.05, 3.63) is 41.7 Å².